The highest BCUT2D eigenvalue weighted by Gasteiger charge is 2.09. The predicted octanol–water partition coefficient (Wildman–Crippen LogP) is 2.66. The van der Waals surface area contributed by atoms with Crippen LogP contribution in [-0.2, 0) is 0 Å². The zero-order valence-electron chi connectivity index (χ0n) is 11.3. The lowest BCUT2D eigenvalue weighted by Crippen LogP contribution is -2.23. The van der Waals surface area contributed by atoms with Crippen molar-refractivity contribution in [3.63, 3.8) is 0 Å². The zero-order chi connectivity index (χ0) is 13.8. The second-order valence-electron chi connectivity index (χ2n) is 4.42. The van der Waals surface area contributed by atoms with E-state index in [0.29, 0.717) is 5.75 Å². The molecule has 0 fully saturated rings. The summed E-state index contributed by atoms with van der Waals surface area (Å²) in [5, 5.41) is 3.02. The molecular formula is C14H17N3O2. The minimum absolute atomic E-state index is 0.0736. The van der Waals surface area contributed by atoms with E-state index >= 15 is 0 Å². The summed E-state index contributed by atoms with van der Waals surface area (Å²) in [5.74, 6) is 0.679. The normalized spacial score (nSPS) is 10.5. The molecule has 0 spiro atoms. The molecule has 1 aromatic heterocycles. The Morgan fingerprint density at radius 3 is 2.53 bits per heavy atom. The third-order valence-corrected chi connectivity index (χ3v) is 2.75. The summed E-state index contributed by atoms with van der Waals surface area (Å²) in [6.07, 6.45) is 3.22. The van der Waals surface area contributed by atoms with Crippen LogP contribution in [0.4, 0.5) is 5.69 Å². The Bertz CT molecular complexity index is 603. The molecule has 0 unspecified atom stereocenters. The van der Waals surface area contributed by atoms with Gasteiger partial charge in [0.2, 0.25) is 0 Å². The van der Waals surface area contributed by atoms with Gasteiger partial charge in [-0.2, -0.15) is 0 Å². The lowest BCUT2D eigenvalue weighted by atomic mass is 10.3. The summed E-state index contributed by atoms with van der Waals surface area (Å²) in [4.78, 5) is 16.1. The molecule has 2 rings (SSSR count). The van der Waals surface area contributed by atoms with Crippen molar-refractivity contribution in [3.8, 4) is 11.6 Å². The minimum atomic E-state index is -0.227. The van der Waals surface area contributed by atoms with Gasteiger partial charge in [-0.3, -0.25) is 4.79 Å². The van der Waals surface area contributed by atoms with Crippen LogP contribution < -0.4 is 15.6 Å². The Balaban J connectivity index is 2.28. The van der Waals surface area contributed by atoms with E-state index in [-0.39, 0.29) is 17.5 Å². The molecule has 0 aliphatic carbocycles. The maximum atomic E-state index is 12.1. The van der Waals surface area contributed by atoms with Crippen molar-refractivity contribution >= 4 is 5.69 Å². The van der Waals surface area contributed by atoms with Gasteiger partial charge >= 0.3 is 5.56 Å². The summed E-state index contributed by atoms with van der Waals surface area (Å²) in [7, 11) is 1.84. The number of nitrogens with zero attached hydrogens (tertiary/aromatic N) is 2. The Morgan fingerprint density at radius 1 is 1.26 bits per heavy atom. The summed E-state index contributed by atoms with van der Waals surface area (Å²) in [5.41, 5.74) is 0.753. The molecule has 0 saturated heterocycles. The van der Waals surface area contributed by atoms with Gasteiger partial charge in [-0.15, -0.1) is 0 Å². The van der Waals surface area contributed by atoms with Crippen molar-refractivity contribution in [1.29, 1.82) is 0 Å². The third kappa shape index (κ3) is 2.93. The van der Waals surface area contributed by atoms with Gasteiger partial charge in [0.15, 0.2) is 0 Å². The fourth-order valence-electron chi connectivity index (χ4n) is 1.68. The van der Waals surface area contributed by atoms with Crippen molar-refractivity contribution in [2.75, 3.05) is 12.4 Å². The fourth-order valence-corrected chi connectivity index (χ4v) is 1.68. The Kier molecular flexibility index (Phi) is 3.85. The molecule has 2 aromatic rings. The molecule has 0 amide bonds. The number of anilines is 1. The van der Waals surface area contributed by atoms with Crippen LogP contribution in [0.1, 0.15) is 19.9 Å². The molecule has 0 aliphatic rings. The summed E-state index contributed by atoms with van der Waals surface area (Å²) in [6.45, 7) is 3.87. The monoisotopic (exact) mass is 259 g/mol. The number of aromatic nitrogens is 2. The Hall–Kier alpha value is -2.30. The van der Waals surface area contributed by atoms with Crippen LogP contribution in [0.3, 0.4) is 0 Å². The maximum Gasteiger partial charge on any atom is 0.313 e. The minimum Gasteiger partial charge on any atom is -0.435 e. The molecule has 0 atom stereocenters. The van der Waals surface area contributed by atoms with Gasteiger partial charge in [0.25, 0.3) is 5.88 Å². The molecule has 5 heteroatoms. The Morgan fingerprint density at radius 2 is 1.95 bits per heavy atom. The summed E-state index contributed by atoms with van der Waals surface area (Å²) in [6, 6.07) is 7.40. The first-order chi connectivity index (χ1) is 9.11. The topological polar surface area (TPSA) is 56.1 Å². The number of rotatable bonds is 4. The molecular weight excluding hydrogens is 242 g/mol. The highest BCUT2D eigenvalue weighted by Crippen LogP contribution is 2.19. The molecule has 0 bridgehead atoms. The van der Waals surface area contributed by atoms with E-state index in [0.717, 1.165) is 5.69 Å². The molecule has 0 radical (unpaired) electrons. The van der Waals surface area contributed by atoms with E-state index in [2.05, 4.69) is 10.3 Å². The van der Waals surface area contributed by atoms with Crippen LogP contribution in [0.15, 0.2) is 41.5 Å². The van der Waals surface area contributed by atoms with Crippen LogP contribution in [0.2, 0.25) is 0 Å². The lowest BCUT2D eigenvalue weighted by Gasteiger charge is -2.11. The van der Waals surface area contributed by atoms with Crippen LogP contribution >= 0.6 is 0 Å². The third-order valence-electron chi connectivity index (χ3n) is 2.75. The van der Waals surface area contributed by atoms with Crippen molar-refractivity contribution < 1.29 is 4.74 Å². The van der Waals surface area contributed by atoms with Crippen molar-refractivity contribution in [2.24, 2.45) is 0 Å². The first kappa shape index (κ1) is 13.1. The largest absolute Gasteiger partial charge is 0.435 e. The van der Waals surface area contributed by atoms with Gasteiger partial charge in [0.1, 0.15) is 5.75 Å². The van der Waals surface area contributed by atoms with Crippen LogP contribution in [0.25, 0.3) is 0 Å². The van der Waals surface area contributed by atoms with Gasteiger partial charge in [0.05, 0.1) is 0 Å². The average molecular weight is 259 g/mol. The van der Waals surface area contributed by atoms with Crippen LogP contribution in [-0.4, -0.2) is 16.6 Å². The zero-order valence-corrected chi connectivity index (χ0v) is 11.3. The first-order valence-corrected chi connectivity index (χ1v) is 6.14. The molecule has 5 nitrogen and oxygen atoms in total. The number of nitrogens with one attached hydrogen (secondary N) is 1. The molecule has 1 N–H and O–H groups in total. The van der Waals surface area contributed by atoms with Crippen molar-refractivity contribution in [1.82, 2.24) is 9.55 Å². The number of hydrogen-bond donors (Lipinski definition) is 1. The van der Waals surface area contributed by atoms with Gasteiger partial charge < -0.3 is 14.6 Å². The molecule has 100 valence electrons. The smallest absolute Gasteiger partial charge is 0.313 e. The van der Waals surface area contributed by atoms with Gasteiger partial charge in [-0.25, -0.2) is 4.98 Å². The van der Waals surface area contributed by atoms with Crippen LogP contribution in [0.5, 0.6) is 11.6 Å². The molecule has 0 aliphatic heterocycles. The quantitative estimate of drug-likeness (QED) is 0.917. The van der Waals surface area contributed by atoms with Gasteiger partial charge in [-0.05, 0) is 38.1 Å². The van der Waals surface area contributed by atoms with E-state index in [1.54, 1.807) is 29.1 Å². The van der Waals surface area contributed by atoms with Gasteiger partial charge in [0, 0.05) is 31.2 Å². The first-order valence-electron chi connectivity index (χ1n) is 6.14. The number of benzene rings is 1. The lowest BCUT2D eigenvalue weighted by molar-refractivity contribution is 0.437. The second kappa shape index (κ2) is 5.56. The van der Waals surface area contributed by atoms with Crippen molar-refractivity contribution in [3.05, 3.63) is 47.0 Å². The highest BCUT2D eigenvalue weighted by atomic mass is 16.5. The fraction of sp³-hybridized carbons (Fsp3) is 0.286. The summed E-state index contributed by atoms with van der Waals surface area (Å²) < 4.78 is 7.11. The molecule has 19 heavy (non-hydrogen) atoms. The van der Waals surface area contributed by atoms with E-state index in [1.165, 1.54) is 0 Å². The predicted molar refractivity (Wildman–Crippen MR) is 74.9 cm³/mol. The standard InChI is InChI=1S/C14H17N3O2/c1-10(2)17-9-8-16-13(14(17)18)19-12-6-4-11(15-3)5-7-12/h4-10,15H,1-3H3. The van der Waals surface area contributed by atoms with Crippen molar-refractivity contribution in [2.45, 2.75) is 19.9 Å². The van der Waals surface area contributed by atoms with E-state index < -0.39 is 0 Å². The number of ether oxygens (including phenoxy) is 1. The van der Waals surface area contributed by atoms with E-state index in [1.807, 2.05) is 33.0 Å². The van der Waals surface area contributed by atoms with E-state index in [4.69, 9.17) is 4.74 Å². The Labute approximate surface area is 111 Å². The molecule has 1 aromatic carbocycles. The molecule has 0 saturated carbocycles. The van der Waals surface area contributed by atoms with Gasteiger partial charge in [-0.1, -0.05) is 0 Å². The van der Waals surface area contributed by atoms with E-state index in [9.17, 15) is 4.79 Å². The average Bonchev–Trinajstić information content (AvgIpc) is 2.41. The second-order valence-corrected chi connectivity index (χ2v) is 4.42. The molecule has 1 heterocycles. The van der Waals surface area contributed by atoms with Crippen LogP contribution in [0, 0.1) is 0 Å². The number of hydrogen-bond acceptors (Lipinski definition) is 4. The summed E-state index contributed by atoms with van der Waals surface area (Å²) >= 11 is 0. The SMILES string of the molecule is CNc1ccc(Oc2nccn(C(C)C)c2=O)cc1. The maximum absolute atomic E-state index is 12.1. The highest BCUT2D eigenvalue weighted by molar-refractivity contribution is 5.46.